The van der Waals surface area contributed by atoms with Crippen molar-refractivity contribution in [1.82, 2.24) is 0 Å². The molecule has 3 aromatic carbocycles. The highest BCUT2D eigenvalue weighted by Gasteiger charge is 2.30. The zero-order valence-corrected chi connectivity index (χ0v) is 24.1. The van der Waals surface area contributed by atoms with Crippen molar-refractivity contribution in [2.75, 3.05) is 26.4 Å². The Bertz CT molecular complexity index is 1320. The van der Waals surface area contributed by atoms with Crippen LogP contribution < -0.4 is 0 Å². The second kappa shape index (κ2) is 12.1. The third-order valence-electron chi connectivity index (χ3n) is 7.14. The van der Waals surface area contributed by atoms with E-state index in [-0.39, 0.29) is 10.8 Å². The molecule has 0 unspecified atom stereocenters. The second-order valence-corrected chi connectivity index (χ2v) is 12.3. The fourth-order valence-electron chi connectivity index (χ4n) is 4.62. The van der Waals surface area contributed by atoms with Crippen LogP contribution in [0.4, 0.5) is 17.6 Å². The van der Waals surface area contributed by atoms with Gasteiger partial charge in [-0.2, -0.15) is 0 Å². The van der Waals surface area contributed by atoms with Gasteiger partial charge in [-0.1, -0.05) is 88.4 Å². The van der Waals surface area contributed by atoms with Crippen molar-refractivity contribution in [2.24, 2.45) is 10.8 Å². The Morgan fingerprint density at radius 1 is 0.500 bits per heavy atom. The molecule has 2 aliphatic heterocycles. The van der Waals surface area contributed by atoms with Crippen LogP contribution in [0.25, 0.3) is 24.3 Å². The van der Waals surface area contributed by atoms with E-state index < -0.39 is 47.0 Å². The first-order valence-electron chi connectivity index (χ1n) is 13.8. The van der Waals surface area contributed by atoms with E-state index in [4.69, 9.17) is 18.9 Å². The summed E-state index contributed by atoms with van der Waals surface area (Å²) < 4.78 is 82.6. The molecule has 2 saturated heterocycles. The van der Waals surface area contributed by atoms with Crippen molar-refractivity contribution in [2.45, 2.75) is 40.3 Å². The Balaban J connectivity index is 1.28. The molecule has 0 radical (unpaired) electrons. The van der Waals surface area contributed by atoms with E-state index in [9.17, 15) is 17.6 Å². The number of ether oxygens (including phenoxy) is 4. The summed E-state index contributed by atoms with van der Waals surface area (Å²) in [7, 11) is 0. The third-order valence-corrected chi connectivity index (χ3v) is 7.14. The summed E-state index contributed by atoms with van der Waals surface area (Å²) in [4.78, 5) is 0. The molecular weight excluding hydrogens is 548 g/mol. The van der Waals surface area contributed by atoms with Crippen molar-refractivity contribution >= 4 is 24.3 Å². The van der Waals surface area contributed by atoms with E-state index >= 15 is 0 Å². The van der Waals surface area contributed by atoms with Crippen LogP contribution in [0.2, 0.25) is 0 Å². The normalized spacial score (nSPS) is 19.6. The Kier molecular flexibility index (Phi) is 8.71. The third kappa shape index (κ3) is 6.84. The Morgan fingerprint density at radius 2 is 0.786 bits per heavy atom. The van der Waals surface area contributed by atoms with Crippen LogP contribution >= 0.6 is 0 Å². The maximum atomic E-state index is 14.9. The second-order valence-electron chi connectivity index (χ2n) is 12.3. The monoisotopic (exact) mass is 582 g/mol. The minimum Gasteiger partial charge on any atom is -0.348 e. The summed E-state index contributed by atoms with van der Waals surface area (Å²) >= 11 is 0. The van der Waals surface area contributed by atoms with Crippen LogP contribution in [-0.2, 0) is 18.9 Å². The molecule has 3 aromatic rings. The first kappa shape index (κ1) is 30.2. The number of rotatable bonds is 6. The van der Waals surface area contributed by atoms with E-state index in [0.717, 1.165) is 23.3 Å². The lowest BCUT2D eigenvalue weighted by Gasteiger charge is -2.34. The average molecular weight is 583 g/mol. The molecule has 8 heteroatoms. The highest BCUT2D eigenvalue weighted by molar-refractivity contribution is 5.74. The largest absolute Gasteiger partial charge is 0.348 e. The molecule has 222 valence electrons. The highest BCUT2D eigenvalue weighted by Crippen LogP contribution is 2.33. The molecule has 0 bridgehead atoms. The molecule has 0 spiro atoms. The minimum atomic E-state index is -1.47. The van der Waals surface area contributed by atoms with Gasteiger partial charge in [0, 0.05) is 22.0 Å². The zero-order chi connectivity index (χ0) is 30.1. The molecule has 2 fully saturated rings. The van der Waals surface area contributed by atoms with Gasteiger partial charge < -0.3 is 18.9 Å². The van der Waals surface area contributed by atoms with Crippen LogP contribution in [0, 0.1) is 34.1 Å². The summed E-state index contributed by atoms with van der Waals surface area (Å²) in [6.07, 6.45) is 3.80. The van der Waals surface area contributed by atoms with Gasteiger partial charge in [-0.15, -0.1) is 0 Å². The fourth-order valence-corrected chi connectivity index (χ4v) is 4.62. The summed E-state index contributed by atoms with van der Waals surface area (Å²) in [6.45, 7) is 10.4. The van der Waals surface area contributed by atoms with Crippen molar-refractivity contribution < 1.29 is 36.5 Å². The Hall–Kier alpha value is -3.30. The summed E-state index contributed by atoms with van der Waals surface area (Å²) in [5.74, 6) is -5.90. The van der Waals surface area contributed by atoms with Crippen LogP contribution in [0.15, 0.2) is 48.5 Å². The molecular formula is C34H34F4O4. The number of benzene rings is 3. The summed E-state index contributed by atoms with van der Waals surface area (Å²) in [5, 5.41) is 0. The first-order chi connectivity index (χ1) is 19.9. The summed E-state index contributed by atoms with van der Waals surface area (Å²) in [5.41, 5.74) is 1.02. The van der Waals surface area contributed by atoms with Gasteiger partial charge in [-0.05, 0) is 23.3 Å². The highest BCUT2D eigenvalue weighted by atomic mass is 19.2. The van der Waals surface area contributed by atoms with Crippen LogP contribution in [-0.4, -0.2) is 26.4 Å². The Labute approximate surface area is 243 Å². The lowest BCUT2D eigenvalue weighted by atomic mass is 9.95. The molecule has 5 rings (SSSR count). The molecule has 0 aliphatic carbocycles. The smallest absolute Gasteiger partial charge is 0.183 e. The maximum Gasteiger partial charge on any atom is 0.183 e. The van der Waals surface area contributed by atoms with E-state index in [1.54, 1.807) is 48.5 Å². The summed E-state index contributed by atoms with van der Waals surface area (Å²) in [6, 6.07) is 13.9. The zero-order valence-electron chi connectivity index (χ0n) is 24.1. The van der Waals surface area contributed by atoms with Gasteiger partial charge in [0.25, 0.3) is 0 Å². The maximum absolute atomic E-state index is 14.9. The van der Waals surface area contributed by atoms with Crippen molar-refractivity contribution in [3.05, 3.63) is 105 Å². The standard InChI is InChI=1S/C34H34F4O4/c1-33(2)17-39-31(40-18-33)23-11-5-21(6-12-23)9-15-25-27(35)29(37)26(30(38)28(25)36)16-10-22-7-13-24(14-8-22)32-41-19-34(3,4)20-42-32/h5-16,31-32H,17-20H2,1-4H3/b15-9+,16-10+. The van der Waals surface area contributed by atoms with Crippen molar-refractivity contribution in [3.63, 3.8) is 0 Å². The SMILES string of the molecule is CC1(C)COC(c2ccc(/C=C/c3c(F)c(F)c(/C=C/c4ccc(C5OCC(C)(C)CO5)cc4)c(F)c3F)cc2)OC1. The van der Waals surface area contributed by atoms with Crippen molar-refractivity contribution in [3.8, 4) is 0 Å². The van der Waals surface area contributed by atoms with Gasteiger partial charge in [-0.3, -0.25) is 0 Å². The Morgan fingerprint density at radius 3 is 1.07 bits per heavy atom. The first-order valence-corrected chi connectivity index (χ1v) is 13.8. The number of hydrogen-bond acceptors (Lipinski definition) is 4. The van der Waals surface area contributed by atoms with Gasteiger partial charge in [0.15, 0.2) is 35.8 Å². The van der Waals surface area contributed by atoms with Gasteiger partial charge >= 0.3 is 0 Å². The molecule has 2 heterocycles. The van der Waals surface area contributed by atoms with E-state index in [1.807, 2.05) is 27.7 Å². The van der Waals surface area contributed by atoms with Crippen LogP contribution in [0.5, 0.6) is 0 Å². The minimum absolute atomic E-state index is 0.0628. The van der Waals surface area contributed by atoms with Crippen molar-refractivity contribution in [1.29, 1.82) is 0 Å². The topological polar surface area (TPSA) is 36.9 Å². The molecule has 0 aromatic heterocycles. The molecule has 0 N–H and O–H groups in total. The number of halogens is 4. The lowest BCUT2D eigenvalue weighted by molar-refractivity contribution is -0.226. The lowest BCUT2D eigenvalue weighted by Crippen LogP contribution is -2.33. The number of hydrogen-bond donors (Lipinski definition) is 0. The molecule has 2 aliphatic rings. The predicted octanol–water partition coefficient (Wildman–Crippen LogP) is 8.73. The van der Waals surface area contributed by atoms with Crippen LogP contribution in [0.1, 0.15) is 73.7 Å². The van der Waals surface area contributed by atoms with E-state index in [1.165, 1.54) is 12.2 Å². The molecule has 4 nitrogen and oxygen atoms in total. The van der Waals surface area contributed by atoms with E-state index in [0.29, 0.717) is 37.6 Å². The molecule has 0 atom stereocenters. The fraction of sp³-hybridized carbons (Fsp3) is 0.353. The molecule has 0 amide bonds. The van der Waals surface area contributed by atoms with Gasteiger partial charge in [0.2, 0.25) is 0 Å². The van der Waals surface area contributed by atoms with Crippen LogP contribution in [0.3, 0.4) is 0 Å². The van der Waals surface area contributed by atoms with Gasteiger partial charge in [0.05, 0.1) is 37.6 Å². The molecule has 42 heavy (non-hydrogen) atoms. The average Bonchev–Trinajstić information content (AvgIpc) is 2.97. The van der Waals surface area contributed by atoms with E-state index in [2.05, 4.69) is 0 Å². The molecule has 0 saturated carbocycles. The quantitative estimate of drug-likeness (QED) is 0.166. The predicted molar refractivity (Wildman–Crippen MR) is 154 cm³/mol. The van der Waals surface area contributed by atoms with Gasteiger partial charge in [0.1, 0.15) is 0 Å². The van der Waals surface area contributed by atoms with Gasteiger partial charge in [-0.25, -0.2) is 17.6 Å².